The first-order chi connectivity index (χ1) is 6.18. The smallest absolute Gasteiger partial charge is 0.113 e. The van der Waals surface area contributed by atoms with E-state index >= 15 is 0 Å². The van der Waals surface area contributed by atoms with Crippen LogP contribution in [0.1, 0.15) is 25.3 Å². The number of hydrogen-bond donors (Lipinski definition) is 1. The van der Waals surface area contributed by atoms with Crippen LogP contribution in [0.15, 0.2) is 24.4 Å². The van der Waals surface area contributed by atoms with Gasteiger partial charge in [-0.25, -0.2) is 0 Å². The lowest BCUT2D eigenvalue weighted by molar-refractivity contribution is 0.876. The van der Waals surface area contributed by atoms with Crippen LogP contribution in [0.3, 0.4) is 0 Å². The Hall–Kier alpha value is -1.18. The number of fused-ring (bicyclic) bond motifs is 1. The zero-order valence-electron chi connectivity index (χ0n) is 7.96. The molecule has 0 unspecified atom stereocenters. The Morgan fingerprint density at radius 1 is 1.31 bits per heavy atom. The first-order valence-electron chi connectivity index (χ1n) is 4.55. The van der Waals surface area contributed by atoms with Crippen molar-refractivity contribution in [3.63, 3.8) is 0 Å². The van der Waals surface area contributed by atoms with Crippen LogP contribution in [0.25, 0.3) is 10.9 Å². The van der Waals surface area contributed by atoms with Crippen LogP contribution in [0.5, 0.6) is 0 Å². The fourth-order valence-corrected chi connectivity index (χ4v) is 1.64. The molecule has 0 aliphatic carbocycles. The van der Waals surface area contributed by atoms with Gasteiger partial charge in [-0.1, -0.05) is 31.4 Å². The molecule has 1 aromatic carbocycles. The maximum absolute atomic E-state index is 5.74. The third kappa shape index (κ3) is 1.37. The fourth-order valence-electron chi connectivity index (χ4n) is 1.64. The molecule has 0 aliphatic rings. The highest BCUT2D eigenvalue weighted by Crippen LogP contribution is 2.23. The Morgan fingerprint density at radius 3 is 2.77 bits per heavy atom. The molecule has 0 bridgehead atoms. The molecule has 1 aromatic heterocycles. The first kappa shape index (κ1) is 8.42. The quantitative estimate of drug-likeness (QED) is 0.629. The van der Waals surface area contributed by atoms with E-state index in [1.807, 2.05) is 18.2 Å². The van der Waals surface area contributed by atoms with Crippen molar-refractivity contribution in [2.75, 3.05) is 0 Å². The number of H-pyrrole nitrogens is 1. The van der Waals surface area contributed by atoms with E-state index in [0.29, 0.717) is 5.92 Å². The summed E-state index contributed by atoms with van der Waals surface area (Å²) in [5.74, 6) is 0.538. The number of rotatable bonds is 1. The summed E-state index contributed by atoms with van der Waals surface area (Å²) in [6, 6.07) is 5.97. The molecule has 0 aliphatic heterocycles. The van der Waals surface area contributed by atoms with E-state index in [-0.39, 0.29) is 0 Å². The maximum Gasteiger partial charge on any atom is 0.113 e. The van der Waals surface area contributed by atoms with Crippen LogP contribution in [0.2, 0.25) is 0 Å². The highest BCUT2D eigenvalue weighted by Gasteiger charge is 2.06. The summed E-state index contributed by atoms with van der Waals surface area (Å²) >= 11 is 0. The van der Waals surface area contributed by atoms with Gasteiger partial charge in [-0.3, -0.25) is 0 Å². The Balaban J connectivity index is 2.71. The highest BCUT2D eigenvalue weighted by atomic mass is 14.7. The fraction of sp³-hybridized carbons (Fsp3) is 0.273. The number of aromatic nitrogens is 1. The predicted octanol–water partition coefficient (Wildman–Crippen LogP) is 2.09. The second-order valence-electron chi connectivity index (χ2n) is 3.70. The lowest BCUT2D eigenvalue weighted by Gasteiger charge is -2.02. The van der Waals surface area contributed by atoms with E-state index in [9.17, 15) is 0 Å². The molecular weight excluding hydrogens is 157 g/mol. The van der Waals surface area contributed by atoms with Crippen LogP contribution in [0.4, 0.5) is 0 Å². The summed E-state index contributed by atoms with van der Waals surface area (Å²) in [6.45, 7) is 4.37. The Morgan fingerprint density at radius 2 is 2.08 bits per heavy atom. The van der Waals surface area contributed by atoms with E-state index in [1.165, 1.54) is 10.9 Å². The molecule has 2 heteroatoms. The summed E-state index contributed by atoms with van der Waals surface area (Å²) < 4.78 is 0. The van der Waals surface area contributed by atoms with Crippen molar-refractivity contribution >= 4 is 24.2 Å². The summed E-state index contributed by atoms with van der Waals surface area (Å²) in [5, 5.41) is 1.25. The molecule has 0 atom stereocenters. The molecule has 1 nitrogen and oxygen atoms in total. The molecule has 0 amide bonds. The third-order valence-electron chi connectivity index (χ3n) is 2.36. The van der Waals surface area contributed by atoms with Crippen molar-refractivity contribution in [3.8, 4) is 0 Å². The minimum atomic E-state index is 0.538. The summed E-state index contributed by atoms with van der Waals surface area (Å²) in [7, 11) is 5.74. The van der Waals surface area contributed by atoms with E-state index in [4.69, 9.17) is 7.85 Å². The Bertz CT molecular complexity index is 429. The molecule has 0 saturated heterocycles. The monoisotopic (exact) mass is 169 g/mol. The van der Waals surface area contributed by atoms with Crippen molar-refractivity contribution in [2.24, 2.45) is 0 Å². The third-order valence-corrected chi connectivity index (χ3v) is 2.36. The molecule has 0 spiro atoms. The van der Waals surface area contributed by atoms with Gasteiger partial charge in [0, 0.05) is 17.1 Å². The van der Waals surface area contributed by atoms with Crippen LogP contribution in [0, 0.1) is 0 Å². The molecular formula is C11H12BN. The van der Waals surface area contributed by atoms with Crippen LogP contribution >= 0.6 is 0 Å². The summed E-state index contributed by atoms with van der Waals surface area (Å²) in [5.41, 5.74) is 3.33. The zero-order chi connectivity index (χ0) is 9.42. The van der Waals surface area contributed by atoms with Gasteiger partial charge in [-0.2, -0.15) is 0 Å². The van der Waals surface area contributed by atoms with Crippen molar-refractivity contribution < 1.29 is 0 Å². The zero-order valence-corrected chi connectivity index (χ0v) is 7.96. The lowest BCUT2D eigenvalue weighted by Crippen LogP contribution is -1.99. The van der Waals surface area contributed by atoms with Gasteiger partial charge in [0.15, 0.2) is 0 Å². The number of nitrogens with one attached hydrogen (secondary N) is 1. The Labute approximate surface area is 79.6 Å². The van der Waals surface area contributed by atoms with Crippen LogP contribution in [-0.2, 0) is 0 Å². The van der Waals surface area contributed by atoms with E-state index in [2.05, 4.69) is 25.0 Å². The average Bonchev–Trinajstić information content (AvgIpc) is 2.46. The van der Waals surface area contributed by atoms with Gasteiger partial charge in [-0.15, -0.1) is 0 Å². The molecule has 13 heavy (non-hydrogen) atoms. The number of aromatic amines is 1. The minimum Gasteiger partial charge on any atom is -0.361 e. The molecule has 0 saturated carbocycles. The second-order valence-corrected chi connectivity index (χ2v) is 3.70. The molecule has 2 radical (unpaired) electrons. The van der Waals surface area contributed by atoms with Crippen molar-refractivity contribution in [1.82, 2.24) is 4.98 Å². The number of benzene rings is 1. The van der Waals surface area contributed by atoms with Crippen molar-refractivity contribution in [2.45, 2.75) is 19.8 Å². The standard InChI is InChI=1S/C11H12BN/c1-7(2)10-6-13-11-4-3-8(12)5-9(10)11/h3-7,13H,1-2H3. The van der Waals surface area contributed by atoms with Crippen LogP contribution < -0.4 is 5.46 Å². The molecule has 2 aromatic rings. The first-order valence-corrected chi connectivity index (χ1v) is 4.55. The molecule has 2 rings (SSSR count). The van der Waals surface area contributed by atoms with E-state index in [1.54, 1.807) is 0 Å². The lowest BCUT2D eigenvalue weighted by atomic mass is 9.93. The van der Waals surface area contributed by atoms with Gasteiger partial charge in [0.25, 0.3) is 0 Å². The van der Waals surface area contributed by atoms with Gasteiger partial charge >= 0.3 is 0 Å². The van der Waals surface area contributed by atoms with E-state index < -0.39 is 0 Å². The SMILES string of the molecule is [B]c1ccc2[nH]cc(C(C)C)c2c1. The van der Waals surface area contributed by atoms with Gasteiger partial charge < -0.3 is 4.98 Å². The summed E-state index contributed by atoms with van der Waals surface area (Å²) in [6.07, 6.45) is 2.06. The Kier molecular flexibility index (Phi) is 1.91. The molecule has 0 fully saturated rings. The predicted molar refractivity (Wildman–Crippen MR) is 57.8 cm³/mol. The maximum atomic E-state index is 5.74. The van der Waals surface area contributed by atoms with Crippen LogP contribution in [-0.4, -0.2) is 12.8 Å². The average molecular weight is 169 g/mol. The second kappa shape index (κ2) is 2.95. The normalized spacial score (nSPS) is 11.3. The number of hydrogen-bond acceptors (Lipinski definition) is 0. The molecule has 64 valence electrons. The van der Waals surface area contributed by atoms with E-state index in [0.717, 1.165) is 11.0 Å². The summed E-state index contributed by atoms with van der Waals surface area (Å²) in [4.78, 5) is 3.24. The molecule has 1 heterocycles. The van der Waals surface area contributed by atoms with Crippen molar-refractivity contribution in [3.05, 3.63) is 30.0 Å². The van der Waals surface area contributed by atoms with Gasteiger partial charge in [0.2, 0.25) is 0 Å². The minimum absolute atomic E-state index is 0.538. The highest BCUT2D eigenvalue weighted by molar-refractivity contribution is 6.33. The van der Waals surface area contributed by atoms with Crippen molar-refractivity contribution in [1.29, 1.82) is 0 Å². The van der Waals surface area contributed by atoms with Gasteiger partial charge in [-0.05, 0) is 17.5 Å². The van der Waals surface area contributed by atoms with Gasteiger partial charge in [0.05, 0.1) is 0 Å². The largest absolute Gasteiger partial charge is 0.361 e. The molecule has 1 N–H and O–H groups in total. The van der Waals surface area contributed by atoms with Gasteiger partial charge in [0.1, 0.15) is 7.85 Å². The topological polar surface area (TPSA) is 15.8 Å².